The van der Waals surface area contributed by atoms with Crippen molar-refractivity contribution in [2.24, 2.45) is 0 Å². The van der Waals surface area contributed by atoms with Crippen LogP contribution >= 0.6 is 0 Å². The lowest BCUT2D eigenvalue weighted by atomic mass is 9.93. The summed E-state index contributed by atoms with van der Waals surface area (Å²) in [6, 6.07) is 5.96. The van der Waals surface area contributed by atoms with Gasteiger partial charge < -0.3 is 16.0 Å². The van der Waals surface area contributed by atoms with E-state index in [1.54, 1.807) is 0 Å². The number of nitrogen functional groups attached to an aromatic ring is 1. The van der Waals surface area contributed by atoms with Gasteiger partial charge in [-0.3, -0.25) is 4.79 Å². The van der Waals surface area contributed by atoms with E-state index in [1.807, 2.05) is 23.1 Å². The summed E-state index contributed by atoms with van der Waals surface area (Å²) >= 11 is 0. The molecule has 1 aromatic carbocycles. The van der Waals surface area contributed by atoms with E-state index in [2.05, 4.69) is 15.3 Å². The highest BCUT2D eigenvalue weighted by Crippen LogP contribution is 2.33. The molecule has 1 saturated carbocycles. The van der Waals surface area contributed by atoms with Gasteiger partial charge in [-0.15, -0.1) is 0 Å². The molecule has 4 rings (SSSR count). The number of nitrogens with zero attached hydrogens (tertiary/aromatic N) is 3. The number of aromatic nitrogens is 2. The fourth-order valence-electron chi connectivity index (χ4n) is 3.87. The third kappa shape index (κ3) is 2.43. The molecule has 0 bridgehead atoms. The molecule has 2 aromatic rings. The van der Waals surface area contributed by atoms with Gasteiger partial charge in [0, 0.05) is 25.0 Å². The van der Waals surface area contributed by atoms with Crippen molar-refractivity contribution in [3.8, 4) is 0 Å². The Morgan fingerprint density at radius 1 is 1.26 bits per heavy atom. The Kier molecular flexibility index (Phi) is 3.41. The molecule has 1 amide bonds. The van der Waals surface area contributed by atoms with Gasteiger partial charge in [0.2, 0.25) is 5.91 Å². The predicted molar refractivity (Wildman–Crippen MR) is 88.6 cm³/mol. The van der Waals surface area contributed by atoms with Crippen LogP contribution in [0.4, 0.5) is 5.82 Å². The van der Waals surface area contributed by atoms with Crippen LogP contribution in [0.1, 0.15) is 31.2 Å². The zero-order valence-electron chi connectivity index (χ0n) is 13.1. The minimum absolute atomic E-state index is 0.253. The summed E-state index contributed by atoms with van der Waals surface area (Å²) in [5, 5.41) is 4.33. The van der Waals surface area contributed by atoms with E-state index < -0.39 is 0 Å². The average Bonchev–Trinajstić information content (AvgIpc) is 3.02. The number of hydrogen-bond acceptors (Lipinski definition) is 5. The van der Waals surface area contributed by atoms with E-state index in [0.29, 0.717) is 12.4 Å². The van der Waals surface area contributed by atoms with Crippen LogP contribution < -0.4 is 11.1 Å². The standard InChI is InChI=1S/C17H21N5O/c18-15-13-4-3-12(9-14(13)19-11-20-15)10-22-8-7-21-17(16(22)23)5-1-2-6-17/h3-4,9,11,21H,1-2,5-8,10H2,(H2,18,19,20). The van der Waals surface area contributed by atoms with Gasteiger partial charge in [0.15, 0.2) is 0 Å². The lowest BCUT2D eigenvalue weighted by Gasteiger charge is -2.40. The minimum atomic E-state index is -0.304. The Labute approximate surface area is 135 Å². The van der Waals surface area contributed by atoms with Crippen LogP contribution in [-0.4, -0.2) is 39.4 Å². The Morgan fingerprint density at radius 3 is 2.91 bits per heavy atom. The molecule has 1 aliphatic carbocycles. The van der Waals surface area contributed by atoms with Crippen LogP contribution in [0.25, 0.3) is 10.9 Å². The number of carbonyl (C=O) groups excluding carboxylic acids is 1. The zero-order chi connectivity index (χ0) is 15.9. The Balaban J connectivity index is 1.59. The van der Waals surface area contributed by atoms with E-state index >= 15 is 0 Å². The molecule has 2 heterocycles. The zero-order valence-corrected chi connectivity index (χ0v) is 13.1. The van der Waals surface area contributed by atoms with E-state index in [4.69, 9.17) is 5.73 Å². The monoisotopic (exact) mass is 311 g/mol. The molecule has 0 unspecified atom stereocenters. The molecule has 2 aliphatic rings. The van der Waals surface area contributed by atoms with Gasteiger partial charge in [-0.05, 0) is 30.5 Å². The van der Waals surface area contributed by atoms with Gasteiger partial charge in [-0.2, -0.15) is 0 Å². The third-order valence-electron chi connectivity index (χ3n) is 5.10. The number of anilines is 1. The summed E-state index contributed by atoms with van der Waals surface area (Å²) in [4.78, 5) is 23.2. The molecule has 1 aliphatic heterocycles. The lowest BCUT2D eigenvalue weighted by molar-refractivity contribution is -0.141. The van der Waals surface area contributed by atoms with E-state index in [0.717, 1.165) is 55.2 Å². The maximum absolute atomic E-state index is 12.9. The number of hydrogen-bond donors (Lipinski definition) is 2. The molecule has 0 radical (unpaired) electrons. The first-order chi connectivity index (χ1) is 11.2. The third-order valence-corrected chi connectivity index (χ3v) is 5.10. The first-order valence-corrected chi connectivity index (χ1v) is 8.21. The van der Waals surface area contributed by atoms with Crippen molar-refractivity contribution in [3.63, 3.8) is 0 Å². The van der Waals surface area contributed by atoms with Crippen LogP contribution in [0.2, 0.25) is 0 Å². The smallest absolute Gasteiger partial charge is 0.243 e. The van der Waals surface area contributed by atoms with E-state index in [1.165, 1.54) is 6.33 Å². The molecule has 23 heavy (non-hydrogen) atoms. The van der Waals surface area contributed by atoms with Crippen LogP contribution in [0.15, 0.2) is 24.5 Å². The lowest BCUT2D eigenvalue weighted by Crippen LogP contribution is -2.62. The average molecular weight is 311 g/mol. The topological polar surface area (TPSA) is 84.1 Å². The first-order valence-electron chi connectivity index (χ1n) is 8.21. The first kappa shape index (κ1) is 14.4. The van der Waals surface area contributed by atoms with Crippen molar-refractivity contribution in [3.05, 3.63) is 30.1 Å². The number of nitrogens with one attached hydrogen (secondary N) is 1. The quantitative estimate of drug-likeness (QED) is 0.877. The molecule has 1 spiro atoms. The van der Waals surface area contributed by atoms with E-state index in [-0.39, 0.29) is 11.4 Å². The maximum atomic E-state index is 12.9. The molecule has 1 aromatic heterocycles. The van der Waals surface area contributed by atoms with Gasteiger partial charge in [0.1, 0.15) is 12.1 Å². The highest BCUT2D eigenvalue weighted by atomic mass is 16.2. The van der Waals surface area contributed by atoms with Crippen molar-refractivity contribution in [2.75, 3.05) is 18.8 Å². The summed E-state index contributed by atoms with van der Waals surface area (Å²) in [6.07, 6.45) is 5.68. The summed E-state index contributed by atoms with van der Waals surface area (Å²) in [5.41, 5.74) is 7.47. The molecule has 6 heteroatoms. The van der Waals surface area contributed by atoms with Crippen LogP contribution in [0.3, 0.4) is 0 Å². The molecule has 3 N–H and O–H groups in total. The fourth-order valence-corrected chi connectivity index (χ4v) is 3.87. The fraction of sp³-hybridized carbons (Fsp3) is 0.471. The largest absolute Gasteiger partial charge is 0.383 e. The number of nitrogens with two attached hydrogens (primary N) is 1. The van der Waals surface area contributed by atoms with Crippen LogP contribution in [0, 0.1) is 0 Å². The number of fused-ring (bicyclic) bond motifs is 1. The van der Waals surface area contributed by atoms with Crippen molar-refractivity contribution in [1.82, 2.24) is 20.2 Å². The van der Waals surface area contributed by atoms with Gasteiger partial charge in [-0.25, -0.2) is 9.97 Å². The second-order valence-electron chi connectivity index (χ2n) is 6.55. The van der Waals surface area contributed by atoms with Crippen molar-refractivity contribution in [2.45, 2.75) is 37.8 Å². The molecule has 0 atom stereocenters. The van der Waals surface area contributed by atoms with Crippen molar-refractivity contribution < 1.29 is 4.79 Å². The van der Waals surface area contributed by atoms with Crippen molar-refractivity contribution >= 4 is 22.6 Å². The molecular formula is C17H21N5O. The SMILES string of the molecule is Nc1ncnc2cc(CN3CCNC4(CCCC4)C3=O)ccc12. The summed E-state index contributed by atoms with van der Waals surface area (Å²) in [7, 11) is 0. The summed E-state index contributed by atoms with van der Waals surface area (Å²) < 4.78 is 0. The maximum Gasteiger partial charge on any atom is 0.243 e. The van der Waals surface area contributed by atoms with Gasteiger partial charge in [-0.1, -0.05) is 18.9 Å². The molecular weight excluding hydrogens is 290 g/mol. The van der Waals surface area contributed by atoms with Crippen molar-refractivity contribution in [1.29, 1.82) is 0 Å². The normalized spacial score (nSPS) is 20.5. The van der Waals surface area contributed by atoms with Crippen LogP contribution in [0.5, 0.6) is 0 Å². The molecule has 1 saturated heterocycles. The Hall–Kier alpha value is -2.21. The highest BCUT2D eigenvalue weighted by Gasteiger charge is 2.45. The second kappa shape index (κ2) is 5.45. The Morgan fingerprint density at radius 2 is 2.09 bits per heavy atom. The van der Waals surface area contributed by atoms with Gasteiger partial charge in [0.05, 0.1) is 11.1 Å². The Bertz CT molecular complexity index is 754. The number of amides is 1. The second-order valence-corrected chi connectivity index (χ2v) is 6.55. The van der Waals surface area contributed by atoms with E-state index in [9.17, 15) is 4.79 Å². The molecule has 2 fully saturated rings. The molecule has 120 valence electrons. The summed E-state index contributed by atoms with van der Waals surface area (Å²) in [5.74, 6) is 0.744. The van der Waals surface area contributed by atoms with Gasteiger partial charge >= 0.3 is 0 Å². The number of benzene rings is 1. The number of piperazine rings is 1. The number of rotatable bonds is 2. The predicted octanol–water partition coefficient (Wildman–Crippen LogP) is 1.46. The summed E-state index contributed by atoms with van der Waals surface area (Å²) in [6.45, 7) is 2.25. The number of carbonyl (C=O) groups is 1. The van der Waals surface area contributed by atoms with Crippen LogP contribution in [-0.2, 0) is 11.3 Å². The highest BCUT2D eigenvalue weighted by molar-refractivity contribution is 5.89. The minimum Gasteiger partial charge on any atom is -0.383 e. The van der Waals surface area contributed by atoms with Gasteiger partial charge in [0.25, 0.3) is 0 Å². The molecule has 6 nitrogen and oxygen atoms in total.